The van der Waals surface area contributed by atoms with Gasteiger partial charge in [-0.3, -0.25) is 8.93 Å². The molecule has 3 rings (SSSR count). The summed E-state index contributed by atoms with van der Waals surface area (Å²) in [5, 5.41) is 1.35. The van der Waals surface area contributed by atoms with Crippen molar-refractivity contribution in [2.75, 3.05) is 39.2 Å². The zero-order valence-electron chi connectivity index (χ0n) is 14.4. The smallest absolute Gasteiger partial charge is 0.0457 e. The Balaban J connectivity index is 1.81. The maximum absolute atomic E-state index is 12.2. The predicted molar refractivity (Wildman–Crippen MR) is 101 cm³/mol. The number of H-pyrrole nitrogens is 1. The highest BCUT2D eigenvalue weighted by Gasteiger charge is 2.21. The van der Waals surface area contributed by atoms with E-state index in [2.05, 4.69) is 46.0 Å². The number of piperidine rings is 1. The van der Waals surface area contributed by atoms with Crippen LogP contribution in [0, 0.1) is 0 Å². The van der Waals surface area contributed by atoms with E-state index in [9.17, 15) is 4.21 Å². The van der Waals surface area contributed by atoms with Crippen molar-refractivity contribution < 1.29 is 4.21 Å². The third-order valence-electron chi connectivity index (χ3n) is 5.24. The summed E-state index contributed by atoms with van der Waals surface area (Å²) in [6.45, 7) is 2.36. The van der Waals surface area contributed by atoms with Gasteiger partial charge >= 0.3 is 0 Å². The molecular formula is C18H29N3OS. The van der Waals surface area contributed by atoms with Crippen molar-refractivity contribution in [2.24, 2.45) is 0 Å². The van der Waals surface area contributed by atoms with Crippen molar-refractivity contribution >= 4 is 21.0 Å². The predicted octanol–water partition coefficient (Wildman–Crippen LogP) is 2.30. The van der Waals surface area contributed by atoms with E-state index >= 15 is 0 Å². The highest BCUT2D eigenvalue weighted by atomic mass is 32.3. The van der Waals surface area contributed by atoms with Gasteiger partial charge in [0, 0.05) is 29.1 Å². The van der Waals surface area contributed by atoms with Crippen molar-refractivity contribution in [1.29, 1.82) is 0 Å². The van der Waals surface area contributed by atoms with Crippen LogP contribution in [0.4, 0.5) is 0 Å². The topological polar surface area (TPSA) is 48.1 Å². The van der Waals surface area contributed by atoms with E-state index in [4.69, 9.17) is 0 Å². The molecule has 2 heterocycles. The summed E-state index contributed by atoms with van der Waals surface area (Å²) in [4.78, 5) is 5.84. The SMILES string of the molecule is CN[SH](C)(=O)CCc1ccc2[nH]cc(C3CCN(C)CC3)c2c1. The summed E-state index contributed by atoms with van der Waals surface area (Å²) in [6, 6.07) is 6.63. The van der Waals surface area contributed by atoms with Crippen LogP contribution in [0.3, 0.4) is 0 Å². The monoisotopic (exact) mass is 335 g/mol. The summed E-state index contributed by atoms with van der Waals surface area (Å²) in [5.41, 5.74) is 3.96. The third kappa shape index (κ3) is 3.84. The molecule has 5 heteroatoms. The molecule has 0 unspecified atom stereocenters. The maximum atomic E-state index is 12.2. The van der Waals surface area contributed by atoms with Crippen LogP contribution in [0.2, 0.25) is 0 Å². The summed E-state index contributed by atoms with van der Waals surface area (Å²) >= 11 is 0. The largest absolute Gasteiger partial charge is 0.361 e. The lowest BCUT2D eigenvalue weighted by Gasteiger charge is -2.28. The highest BCUT2D eigenvalue weighted by Crippen LogP contribution is 2.33. The van der Waals surface area contributed by atoms with Gasteiger partial charge in [0.1, 0.15) is 0 Å². The van der Waals surface area contributed by atoms with Gasteiger partial charge in [0.05, 0.1) is 0 Å². The summed E-state index contributed by atoms with van der Waals surface area (Å²) in [6.07, 6.45) is 7.35. The van der Waals surface area contributed by atoms with Gasteiger partial charge in [-0.05, 0) is 75.6 Å². The number of hydrogen-bond acceptors (Lipinski definition) is 2. The van der Waals surface area contributed by atoms with Gasteiger partial charge in [-0.25, -0.2) is 0 Å². The molecule has 1 aliphatic heterocycles. The number of rotatable bonds is 5. The fourth-order valence-electron chi connectivity index (χ4n) is 3.46. The molecule has 4 nitrogen and oxygen atoms in total. The summed E-state index contributed by atoms with van der Waals surface area (Å²) in [7, 11) is 1.80. The van der Waals surface area contributed by atoms with Crippen molar-refractivity contribution in [3.63, 3.8) is 0 Å². The Morgan fingerprint density at radius 1 is 1.35 bits per heavy atom. The first-order valence-corrected chi connectivity index (χ1v) is 10.9. The Hall–Kier alpha value is -1.17. The summed E-state index contributed by atoms with van der Waals surface area (Å²) < 4.78 is 15.1. The quantitative estimate of drug-likeness (QED) is 0.734. The second-order valence-electron chi connectivity index (χ2n) is 7.00. The molecule has 0 bridgehead atoms. The standard InChI is InChI=1S/C18H29N3OS/c1-19-23(3,22)11-8-14-4-5-18-16(12-14)17(13-20-18)15-6-9-21(2)10-7-15/h4-5,12-13,15,20,23H,6-11H2,1-3H3,(H,19,22). The number of hydrogen-bond donors (Lipinski definition) is 3. The van der Waals surface area contributed by atoms with E-state index in [-0.39, 0.29) is 0 Å². The lowest BCUT2D eigenvalue weighted by molar-refractivity contribution is 0.256. The van der Waals surface area contributed by atoms with Crippen LogP contribution in [0.15, 0.2) is 24.4 Å². The first-order chi connectivity index (χ1) is 11.0. The molecule has 0 atom stereocenters. The molecule has 0 amide bonds. The average molecular weight is 336 g/mol. The second kappa shape index (κ2) is 6.75. The molecule has 0 aliphatic carbocycles. The molecule has 1 fully saturated rings. The molecule has 2 aromatic rings. The van der Waals surface area contributed by atoms with Crippen LogP contribution in [-0.2, 0) is 16.5 Å². The van der Waals surface area contributed by atoms with Crippen LogP contribution < -0.4 is 4.72 Å². The minimum Gasteiger partial charge on any atom is -0.361 e. The number of nitrogens with one attached hydrogen (secondary N) is 2. The Labute approximate surface area is 140 Å². The lowest BCUT2D eigenvalue weighted by atomic mass is 9.89. The van der Waals surface area contributed by atoms with E-state index < -0.39 is 10.1 Å². The van der Waals surface area contributed by atoms with Crippen LogP contribution in [0.25, 0.3) is 10.9 Å². The Bertz CT molecular complexity index is 716. The molecular weight excluding hydrogens is 306 g/mol. The van der Waals surface area contributed by atoms with E-state index in [0.717, 1.165) is 6.42 Å². The summed E-state index contributed by atoms with van der Waals surface area (Å²) in [5.74, 6) is 1.37. The van der Waals surface area contributed by atoms with Gasteiger partial charge in [0.2, 0.25) is 0 Å². The Morgan fingerprint density at radius 3 is 2.78 bits per heavy atom. The van der Waals surface area contributed by atoms with Gasteiger partial charge < -0.3 is 9.88 Å². The molecule has 1 aromatic carbocycles. The molecule has 0 radical (unpaired) electrons. The van der Waals surface area contributed by atoms with Crippen molar-refractivity contribution in [1.82, 2.24) is 14.6 Å². The molecule has 1 saturated heterocycles. The number of aromatic amines is 1. The molecule has 2 N–H and O–H groups in total. The Kier molecular flexibility index (Phi) is 4.90. The van der Waals surface area contributed by atoms with Gasteiger partial charge in [-0.2, -0.15) is 0 Å². The number of fused-ring (bicyclic) bond motifs is 1. The molecule has 1 aromatic heterocycles. The van der Waals surface area contributed by atoms with Crippen molar-refractivity contribution in [2.45, 2.75) is 25.2 Å². The zero-order chi connectivity index (χ0) is 16.4. The average Bonchev–Trinajstić information content (AvgIpc) is 2.97. The lowest BCUT2D eigenvalue weighted by Crippen LogP contribution is -2.30. The van der Waals surface area contributed by atoms with Crippen LogP contribution in [0.1, 0.15) is 29.9 Å². The van der Waals surface area contributed by atoms with Gasteiger partial charge in [0.15, 0.2) is 0 Å². The van der Waals surface area contributed by atoms with E-state index in [0.29, 0.717) is 11.7 Å². The number of aromatic nitrogens is 1. The van der Waals surface area contributed by atoms with E-state index in [1.54, 1.807) is 7.05 Å². The van der Waals surface area contributed by atoms with Gasteiger partial charge in [-0.15, -0.1) is 0 Å². The van der Waals surface area contributed by atoms with Gasteiger partial charge in [0.25, 0.3) is 0 Å². The number of nitrogens with zero attached hydrogens (tertiary/aromatic N) is 1. The minimum absolute atomic E-state index is 0.657. The fourth-order valence-corrected chi connectivity index (χ4v) is 4.36. The molecule has 0 spiro atoms. The van der Waals surface area contributed by atoms with Crippen molar-refractivity contribution in [3.05, 3.63) is 35.5 Å². The van der Waals surface area contributed by atoms with E-state index in [1.165, 1.54) is 48.0 Å². The maximum Gasteiger partial charge on any atom is 0.0457 e. The second-order valence-corrected chi connectivity index (χ2v) is 10.1. The fraction of sp³-hybridized carbons (Fsp3) is 0.556. The Morgan fingerprint density at radius 2 is 2.09 bits per heavy atom. The molecule has 23 heavy (non-hydrogen) atoms. The number of thiol groups is 1. The number of benzene rings is 1. The highest BCUT2D eigenvalue weighted by molar-refractivity contribution is 8.00. The molecule has 1 aliphatic rings. The third-order valence-corrected chi connectivity index (χ3v) is 7.26. The van der Waals surface area contributed by atoms with Crippen LogP contribution in [-0.4, -0.2) is 53.3 Å². The zero-order valence-corrected chi connectivity index (χ0v) is 15.3. The first-order valence-electron chi connectivity index (χ1n) is 8.52. The van der Waals surface area contributed by atoms with Crippen molar-refractivity contribution in [3.8, 4) is 0 Å². The van der Waals surface area contributed by atoms with Crippen LogP contribution in [0.5, 0.6) is 0 Å². The molecule has 128 valence electrons. The molecule has 0 saturated carbocycles. The van der Waals surface area contributed by atoms with E-state index in [1.807, 2.05) is 6.26 Å². The van der Waals surface area contributed by atoms with Crippen LogP contribution >= 0.6 is 0 Å². The minimum atomic E-state index is -2.19. The number of aryl methyl sites for hydroxylation is 1. The number of likely N-dealkylation sites (tertiary alicyclic amines) is 1. The first kappa shape index (κ1) is 16.7. The normalized spacial score (nSPS) is 18.6. The van der Waals surface area contributed by atoms with Gasteiger partial charge in [-0.1, -0.05) is 16.2 Å².